The van der Waals surface area contributed by atoms with Crippen LogP contribution in [0.3, 0.4) is 0 Å². The van der Waals surface area contributed by atoms with Gasteiger partial charge in [0.2, 0.25) is 0 Å². The lowest BCUT2D eigenvalue weighted by Crippen LogP contribution is -2.36. The molecule has 1 fully saturated rings. The molecule has 0 radical (unpaired) electrons. The van der Waals surface area contributed by atoms with Crippen molar-refractivity contribution in [1.82, 2.24) is 5.32 Å². The van der Waals surface area contributed by atoms with Gasteiger partial charge in [0.25, 0.3) is 0 Å². The second-order valence-corrected chi connectivity index (χ2v) is 5.45. The lowest BCUT2D eigenvalue weighted by molar-refractivity contribution is -0.141. The third-order valence-corrected chi connectivity index (χ3v) is 3.19. The van der Waals surface area contributed by atoms with Crippen LogP contribution in [0.4, 0.5) is 0 Å². The summed E-state index contributed by atoms with van der Waals surface area (Å²) in [6.45, 7) is 6.65. The smallest absolute Gasteiger partial charge is 0.307 e. The maximum absolute atomic E-state index is 11.1. The highest BCUT2D eigenvalue weighted by atomic mass is 16.5. The zero-order valence-electron chi connectivity index (χ0n) is 10.3. The molecule has 1 saturated carbocycles. The van der Waals surface area contributed by atoms with Crippen LogP contribution in [0, 0.1) is 5.41 Å². The highest BCUT2D eigenvalue weighted by molar-refractivity contribution is 5.69. The number of hydrogen-bond acceptors (Lipinski definition) is 3. The number of esters is 1. The van der Waals surface area contributed by atoms with Gasteiger partial charge in [-0.15, -0.1) is 0 Å². The number of methoxy groups -OCH3 is 1. The van der Waals surface area contributed by atoms with Gasteiger partial charge in [0.15, 0.2) is 0 Å². The summed E-state index contributed by atoms with van der Waals surface area (Å²) in [5.41, 5.74) is 0.461. The van der Waals surface area contributed by atoms with E-state index in [0.29, 0.717) is 17.9 Å². The summed E-state index contributed by atoms with van der Waals surface area (Å²) in [6, 6.07) is 0.788. The van der Waals surface area contributed by atoms with Crippen molar-refractivity contribution >= 4 is 5.97 Å². The van der Waals surface area contributed by atoms with E-state index in [0.717, 1.165) is 0 Å². The van der Waals surface area contributed by atoms with Gasteiger partial charge in [-0.25, -0.2) is 0 Å². The Hall–Kier alpha value is -0.570. The predicted molar refractivity (Wildman–Crippen MR) is 60.7 cm³/mol. The molecular formula is C12H23NO2. The van der Waals surface area contributed by atoms with E-state index < -0.39 is 0 Å². The first-order chi connectivity index (χ1) is 6.93. The number of rotatable bonds is 4. The van der Waals surface area contributed by atoms with Gasteiger partial charge in [-0.3, -0.25) is 4.79 Å². The summed E-state index contributed by atoms with van der Waals surface area (Å²) >= 11 is 0. The lowest BCUT2D eigenvalue weighted by atomic mass is 9.92. The van der Waals surface area contributed by atoms with Crippen molar-refractivity contribution in [2.75, 3.05) is 7.11 Å². The van der Waals surface area contributed by atoms with Gasteiger partial charge in [0.05, 0.1) is 13.5 Å². The van der Waals surface area contributed by atoms with Crippen molar-refractivity contribution < 1.29 is 9.53 Å². The largest absolute Gasteiger partial charge is 0.469 e. The van der Waals surface area contributed by atoms with Crippen molar-refractivity contribution in [2.24, 2.45) is 5.41 Å². The maximum atomic E-state index is 11.1. The molecule has 0 heterocycles. The maximum Gasteiger partial charge on any atom is 0.307 e. The minimum absolute atomic E-state index is 0.132. The van der Waals surface area contributed by atoms with Gasteiger partial charge < -0.3 is 10.1 Å². The van der Waals surface area contributed by atoms with E-state index in [1.54, 1.807) is 0 Å². The molecule has 0 spiro atoms. The van der Waals surface area contributed by atoms with Gasteiger partial charge in [0, 0.05) is 12.1 Å². The third kappa shape index (κ3) is 4.20. The zero-order chi connectivity index (χ0) is 11.5. The van der Waals surface area contributed by atoms with E-state index >= 15 is 0 Å². The molecule has 0 bridgehead atoms. The standard InChI is InChI=1S/C12H23NO2/c1-9(7-11(14)15-4)13-10-5-6-12(2,3)8-10/h9-10,13H,5-8H2,1-4H3. The highest BCUT2D eigenvalue weighted by Crippen LogP contribution is 2.37. The normalized spacial score (nSPS) is 26.3. The van der Waals surface area contributed by atoms with Crippen molar-refractivity contribution in [2.45, 2.75) is 58.5 Å². The summed E-state index contributed by atoms with van der Waals surface area (Å²) < 4.78 is 4.65. The molecule has 88 valence electrons. The summed E-state index contributed by atoms with van der Waals surface area (Å²) in [4.78, 5) is 11.1. The first-order valence-corrected chi connectivity index (χ1v) is 5.76. The van der Waals surface area contributed by atoms with Crippen LogP contribution in [-0.2, 0) is 9.53 Å². The SMILES string of the molecule is COC(=O)CC(C)NC1CCC(C)(C)C1. The van der Waals surface area contributed by atoms with E-state index in [2.05, 4.69) is 23.9 Å². The summed E-state index contributed by atoms with van der Waals surface area (Å²) in [6.07, 6.45) is 4.17. The monoisotopic (exact) mass is 213 g/mol. The Balaban J connectivity index is 2.27. The van der Waals surface area contributed by atoms with Gasteiger partial charge in [-0.2, -0.15) is 0 Å². The molecule has 2 atom stereocenters. The van der Waals surface area contributed by atoms with E-state index in [1.807, 2.05) is 6.92 Å². The number of carbonyl (C=O) groups excluding carboxylic acids is 1. The van der Waals surface area contributed by atoms with Crippen LogP contribution in [0.25, 0.3) is 0 Å². The number of ether oxygens (including phenoxy) is 1. The fourth-order valence-corrected chi connectivity index (χ4v) is 2.37. The van der Waals surface area contributed by atoms with Crippen molar-refractivity contribution in [1.29, 1.82) is 0 Å². The topological polar surface area (TPSA) is 38.3 Å². The fourth-order valence-electron chi connectivity index (χ4n) is 2.37. The van der Waals surface area contributed by atoms with Gasteiger partial charge in [0.1, 0.15) is 0 Å². The Kier molecular flexibility index (Phi) is 4.14. The van der Waals surface area contributed by atoms with E-state index in [-0.39, 0.29) is 12.0 Å². The molecule has 1 aliphatic rings. The van der Waals surface area contributed by atoms with E-state index in [4.69, 9.17) is 0 Å². The average Bonchev–Trinajstić information content (AvgIpc) is 2.44. The van der Waals surface area contributed by atoms with Crippen LogP contribution >= 0.6 is 0 Å². The second-order valence-electron chi connectivity index (χ2n) is 5.45. The van der Waals surface area contributed by atoms with Crippen LogP contribution < -0.4 is 5.32 Å². The molecule has 15 heavy (non-hydrogen) atoms. The molecule has 1 N–H and O–H groups in total. The molecule has 0 aromatic heterocycles. The Morgan fingerprint density at radius 3 is 2.73 bits per heavy atom. The molecule has 2 unspecified atom stereocenters. The van der Waals surface area contributed by atoms with Crippen LogP contribution in [0.15, 0.2) is 0 Å². The van der Waals surface area contributed by atoms with E-state index in [9.17, 15) is 4.79 Å². The molecule has 0 aromatic carbocycles. The number of carbonyl (C=O) groups is 1. The third-order valence-electron chi connectivity index (χ3n) is 3.19. The number of nitrogens with one attached hydrogen (secondary N) is 1. The Morgan fingerprint density at radius 1 is 1.60 bits per heavy atom. The first-order valence-electron chi connectivity index (χ1n) is 5.76. The molecule has 1 aliphatic carbocycles. The molecule has 3 heteroatoms. The van der Waals surface area contributed by atoms with Gasteiger partial charge in [-0.1, -0.05) is 13.8 Å². The van der Waals surface area contributed by atoms with Crippen LogP contribution in [-0.4, -0.2) is 25.2 Å². The Morgan fingerprint density at radius 2 is 2.27 bits per heavy atom. The molecule has 0 aromatic rings. The summed E-state index contributed by atoms with van der Waals surface area (Å²) in [5, 5.41) is 3.50. The number of hydrogen-bond donors (Lipinski definition) is 1. The average molecular weight is 213 g/mol. The molecule has 0 amide bonds. The fraction of sp³-hybridized carbons (Fsp3) is 0.917. The highest BCUT2D eigenvalue weighted by Gasteiger charge is 2.31. The van der Waals surface area contributed by atoms with Crippen molar-refractivity contribution in [3.8, 4) is 0 Å². The molecule has 1 rings (SSSR count). The van der Waals surface area contributed by atoms with Crippen LogP contribution in [0.5, 0.6) is 0 Å². The van der Waals surface area contributed by atoms with Crippen molar-refractivity contribution in [3.05, 3.63) is 0 Å². The van der Waals surface area contributed by atoms with Crippen LogP contribution in [0.1, 0.15) is 46.5 Å². The quantitative estimate of drug-likeness (QED) is 0.727. The lowest BCUT2D eigenvalue weighted by Gasteiger charge is -2.21. The molecule has 3 nitrogen and oxygen atoms in total. The van der Waals surface area contributed by atoms with Gasteiger partial charge in [-0.05, 0) is 31.6 Å². The predicted octanol–water partition coefficient (Wildman–Crippen LogP) is 2.11. The minimum atomic E-state index is -0.132. The summed E-state index contributed by atoms with van der Waals surface area (Å²) in [7, 11) is 1.44. The first kappa shape index (κ1) is 12.5. The van der Waals surface area contributed by atoms with E-state index in [1.165, 1.54) is 26.4 Å². The van der Waals surface area contributed by atoms with Crippen molar-refractivity contribution in [3.63, 3.8) is 0 Å². The second kappa shape index (κ2) is 4.97. The van der Waals surface area contributed by atoms with Crippen LogP contribution in [0.2, 0.25) is 0 Å². The zero-order valence-corrected chi connectivity index (χ0v) is 10.3. The Labute approximate surface area is 92.6 Å². The summed E-state index contributed by atoms with van der Waals surface area (Å²) in [5.74, 6) is -0.132. The molecule has 0 aliphatic heterocycles. The van der Waals surface area contributed by atoms with Gasteiger partial charge >= 0.3 is 5.97 Å². The minimum Gasteiger partial charge on any atom is -0.469 e. The molecular weight excluding hydrogens is 190 g/mol. The molecule has 0 saturated heterocycles. The Bertz CT molecular complexity index is 226.